The van der Waals surface area contributed by atoms with Crippen LogP contribution in [-0.2, 0) is 54.1 Å². The summed E-state index contributed by atoms with van der Waals surface area (Å²) < 4.78 is 28.5. The van der Waals surface area contributed by atoms with Crippen molar-refractivity contribution in [3.8, 4) is 5.75 Å². The molecule has 20 nitrogen and oxygen atoms in total. The number of aliphatic hydroxyl groups excluding tert-OH is 4. The van der Waals surface area contributed by atoms with Crippen molar-refractivity contribution in [2.75, 3.05) is 38.4 Å². The average Bonchev–Trinajstić information content (AvgIpc) is 3.36. The van der Waals surface area contributed by atoms with E-state index in [1.807, 2.05) is 13.8 Å². The first-order chi connectivity index (χ1) is 34.9. The van der Waals surface area contributed by atoms with Gasteiger partial charge in [-0.05, 0) is 61.9 Å². The molecule has 0 saturated carbocycles. The van der Waals surface area contributed by atoms with Crippen molar-refractivity contribution in [3.63, 3.8) is 0 Å². The monoisotopic (exact) mass is 1120 g/mol. The molecule has 0 fully saturated rings. The molecule has 1 heterocycles. The Morgan fingerprint density at radius 1 is 0.986 bits per heavy atom. The minimum atomic E-state index is -1.87. The van der Waals surface area contributed by atoms with Gasteiger partial charge in [-0.1, -0.05) is 103 Å². The number of aliphatic carboxylic acids is 1. The molecular weight excluding hydrogens is 1050 g/mol. The Balaban J connectivity index is 1.85. The highest BCUT2D eigenvalue weighted by molar-refractivity contribution is 8.76. The summed E-state index contributed by atoms with van der Waals surface area (Å²) in [5.74, 6) is -7.38. The highest BCUT2D eigenvalue weighted by atomic mass is 35.5. The summed E-state index contributed by atoms with van der Waals surface area (Å²) in [4.78, 5) is 93.6. The van der Waals surface area contributed by atoms with Crippen molar-refractivity contribution in [1.29, 1.82) is 0 Å². The van der Waals surface area contributed by atoms with E-state index in [0.29, 0.717) is 16.9 Å². The van der Waals surface area contributed by atoms with Gasteiger partial charge in [0.1, 0.15) is 48.9 Å². The molecule has 11 atom stereocenters. The van der Waals surface area contributed by atoms with Crippen LogP contribution in [0.15, 0.2) is 60.7 Å². The lowest BCUT2D eigenvalue weighted by atomic mass is 9.90. The van der Waals surface area contributed by atoms with Gasteiger partial charge in [0.25, 0.3) is 0 Å². The molecule has 3 rings (SSSR count). The summed E-state index contributed by atoms with van der Waals surface area (Å²) in [6, 6.07) is 10.9. The molecule has 3 amide bonds. The number of hydrogen-bond acceptors (Lipinski definition) is 18. The second-order valence-corrected chi connectivity index (χ2v) is 22.1. The number of cyclic esters (lactones) is 2. The summed E-state index contributed by atoms with van der Waals surface area (Å²) in [6.07, 6.45) is -7.96. The molecule has 0 aliphatic carbocycles. The smallest absolute Gasteiger partial charge is 0.495 e. The van der Waals surface area contributed by atoms with Gasteiger partial charge in [0.05, 0.1) is 41.6 Å². The number of alkyl halides is 1. The highest BCUT2D eigenvalue weighted by Gasteiger charge is 2.41. The Labute approximate surface area is 448 Å². The topological polar surface area (TPSA) is 303 Å². The first kappa shape index (κ1) is 63.5. The van der Waals surface area contributed by atoms with Gasteiger partial charge in [0.2, 0.25) is 17.7 Å². The molecule has 24 heteroatoms. The number of halogens is 2. The minimum absolute atomic E-state index is 0.00208. The van der Waals surface area contributed by atoms with Crippen LogP contribution in [0.3, 0.4) is 0 Å². The van der Waals surface area contributed by atoms with Crippen LogP contribution in [-0.4, -0.2) is 154 Å². The van der Waals surface area contributed by atoms with Gasteiger partial charge in [-0.3, -0.25) is 19.2 Å². The number of ether oxygens (including phenoxy) is 5. The number of amides is 3. The zero-order valence-corrected chi connectivity index (χ0v) is 45.4. The van der Waals surface area contributed by atoms with Crippen molar-refractivity contribution in [2.45, 2.75) is 121 Å². The van der Waals surface area contributed by atoms with Gasteiger partial charge in [0, 0.05) is 36.8 Å². The molecule has 0 saturated heterocycles. The molecular formula is C50H69Cl2N3O17S2. The van der Waals surface area contributed by atoms with Crippen molar-refractivity contribution < 1.29 is 82.8 Å². The van der Waals surface area contributed by atoms with Crippen LogP contribution in [0.2, 0.25) is 5.02 Å². The summed E-state index contributed by atoms with van der Waals surface area (Å²) in [6.45, 7) is 8.48. The summed E-state index contributed by atoms with van der Waals surface area (Å²) >= 11 is 13.4. The molecule has 8 N–H and O–H groups in total. The molecule has 0 bridgehead atoms. The molecule has 1 aliphatic rings. The molecule has 2 aromatic carbocycles. The number of benzene rings is 2. The van der Waals surface area contributed by atoms with Crippen LogP contribution in [0.1, 0.15) is 77.3 Å². The Hall–Kier alpha value is -4.81. The third-order valence-corrected chi connectivity index (χ3v) is 15.0. The Morgan fingerprint density at radius 2 is 1.68 bits per heavy atom. The van der Waals surface area contributed by atoms with E-state index >= 15 is 0 Å². The zero-order valence-electron chi connectivity index (χ0n) is 42.3. The van der Waals surface area contributed by atoms with Crippen molar-refractivity contribution in [1.82, 2.24) is 16.0 Å². The lowest BCUT2D eigenvalue weighted by Crippen LogP contribution is -2.51. The standard InChI is InChI=1S/C50H69Cl2N3O17S2/c1-8-31(41(59)42(60)35(57)24-56)44(61)55-34(46(63)64)25-74-73-20-19-69-49(67)72-43(40(52)30-13-10-9-11-14-30)28(4)36-15-12-16-39(58)54-33(23-29-17-18-37(68-7)32(51)22-29)45(62)53-26-50(5,6)48(66)71-38(21-27(2)3)47(65)70-36/h9-14,16-18,22,27-28,31,33-36,38,40-43,56-57,59-60H,8,15,19-21,23-26H2,1-7H3,(H,53,62)(H,54,58)(H,55,61)(H,63,64)/b16-12+/t28-,31-,33+,34+,35+,36-,38-,40-,41+,42+,43+/m0/s1. The van der Waals surface area contributed by atoms with Crippen LogP contribution in [0.5, 0.6) is 5.75 Å². The van der Waals surface area contributed by atoms with Gasteiger partial charge < -0.3 is 65.2 Å². The predicted octanol–water partition coefficient (Wildman–Crippen LogP) is 4.54. The van der Waals surface area contributed by atoms with E-state index in [9.17, 15) is 54.0 Å². The van der Waals surface area contributed by atoms with Gasteiger partial charge >= 0.3 is 24.1 Å². The van der Waals surface area contributed by atoms with Gasteiger partial charge in [0.15, 0.2) is 6.10 Å². The molecule has 412 valence electrons. The van der Waals surface area contributed by atoms with Crippen LogP contribution in [0, 0.1) is 23.2 Å². The average molecular weight is 1120 g/mol. The SMILES string of the molecule is CC[C@H](C(=O)N[C@H](CSSCCOC(=O)O[C@H]([C@@H](C)[C@@H]1C/C=C/C(=O)N[C@H](Cc2ccc(OC)c(Cl)c2)C(=O)NCC(C)(C)C(=O)O[C@@H](CC(C)C)C(=O)O1)[C@@H](Cl)c1ccccc1)C(=O)O)[C@@H](O)[C@H](O)[C@H](O)CO. The number of esters is 2. The molecule has 2 aromatic rings. The second kappa shape index (κ2) is 31.3. The lowest BCUT2D eigenvalue weighted by molar-refractivity contribution is -0.180. The number of aliphatic hydroxyl groups is 4. The van der Waals surface area contributed by atoms with Gasteiger partial charge in [-0.25, -0.2) is 14.4 Å². The lowest BCUT2D eigenvalue weighted by Gasteiger charge is -2.34. The molecule has 0 spiro atoms. The van der Waals surface area contributed by atoms with Crippen molar-refractivity contribution >= 4 is 86.6 Å². The minimum Gasteiger partial charge on any atom is -0.495 e. The number of hydrogen-bond donors (Lipinski definition) is 8. The normalized spacial score (nSPS) is 21.4. The largest absolute Gasteiger partial charge is 0.508 e. The number of carbonyl (C=O) groups excluding carboxylic acids is 6. The fraction of sp³-hybridized carbons (Fsp3) is 0.580. The van der Waals surface area contributed by atoms with Crippen LogP contribution in [0.4, 0.5) is 4.79 Å². The van der Waals surface area contributed by atoms with Crippen molar-refractivity contribution in [3.05, 3.63) is 76.8 Å². The van der Waals surface area contributed by atoms with E-state index in [0.717, 1.165) is 21.6 Å². The molecule has 0 radical (unpaired) electrons. The third kappa shape index (κ3) is 20.0. The zero-order chi connectivity index (χ0) is 55.3. The molecule has 1 aliphatic heterocycles. The maximum atomic E-state index is 14.1. The summed E-state index contributed by atoms with van der Waals surface area (Å²) in [5.41, 5.74) is -0.251. The number of nitrogens with one attached hydrogen (secondary N) is 3. The van der Waals surface area contributed by atoms with E-state index in [1.165, 1.54) is 40.0 Å². The molecule has 0 unspecified atom stereocenters. The maximum absolute atomic E-state index is 14.1. The van der Waals surface area contributed by atoms with E-state index in [-0.39, 0.29) is 61.3 Å². The van der Waals surface area contributed by atoms with E-state index < -0.39 is 120 Å². The van der Waals surface area contributed by atoms with Crippen LogP contribution in [0.25, 0.3) is 0 Å². The van der Waals surface area contributed by atoms with Crippen molar-refractivity contribution in [2.24, 2.45) is 23.2 Å². The number of carboxylic acids is 1. The quantitative estimate of drug-likeness (QED) is 0.0235. The highest BCUT2D eigenvalue weighted by Crippen LogP contribution is 2.35. The Morgan fingerprint density at radius 3 is 2.28 bits per heavy atom. The Bertz CT molecular complexity index is 2210. The molecule has 0 aromatic heterocycles. The number of carboxylic acid groups (broad SMARTS) is 1. The van der Waals surface area contributed by atoms with Gasteiger partial charge in [-0.15, -0.1) is 11.6 Å². The van der Waals surface area contributed by atoms with E-state index in [2.05, 4.69) is 16.0 Å². The second-order valence-electron chi connectivity index (χ2n) is 18.6. The number of carbonyl (C=O) groups is 7. The predicted molar refractivity (Wildman–Crippen MR) is 277 cm³/mol. The van der Waals surface area contributed by atoms with Crippen LogP contribution >= 0.6 is 44.8 Å². The number of rotatable bonds is 24. The van der Waals surface area contributed by atoms with E-state index in [1.54, 1.807) is 55.5 Å². The fourth-order valence-corrected chi connectivity index (χ4v) is 10.1. The summed E-state index contributed by atoms with van der Waals surface area (Å²) in [5, 5.41) is 56.1. The summed E-state index contributed by atoms with van der Waals surface area (Å²) in [7, 11) is 3.58. The first-order valence-electron chi connectivity index (χ1n) is 23.9. The van der Waals surface area contributed by atoms with Gasteiger partial charge in [-0.2, -0.15) is 0 Å². The first-order valence-corrected chi connectivity index (χ1v) is 27.2. The third-order valence-electron chi connectivity index (χ3n) is 11.8. The fourth-order valence-electron chi connectivity index (χ4n) is 7.38. The van der Waals surface area contributed by atoms with Crippen LogP contribution < -0.4 is 20.7 Å². The Kier molecular flexibility index (Phi) is 26.8. The van der Waals surface area contributed by atoms with E-state index in [4.69, 9.17) is 52.0 Å². The maximum Gasteiger partial charge on any atom is 0.508 e. The molecule has 74 heavy (non-hydrogen) atoms. The number of methoxy groups -OCH3 is 1.